The second-order valence-electron chi connectivity index (χ2n) is 5.71. The van der Waals surface area contributed by atoms with Crippen LogP contribution in [-0.2, 0) is 14.3 Å². The Kier molecular flexibility index (Phi) is 9.35. The highest BCUT2D eigenvalue weighted by Gasteiger charge is 2.28. The van der Waals surface area contributed by atoms with Gasteiger partial charge in [-0.3, -0.25) is 4.79 Å². The van der Waals surface area contributed by atoms with Crippen LogP contribution in [0.1, 0.15) is 51.9 Å². The summed E-state index contributed by atoms with van der Waals surface area (Å²) in [7, 11) is 0. The second kappa shape index (κ2) is 11.1. The normalized spacial score (nSPS) is 15.4. The zero-order chi connectivity index (χ0) is 16.2. The molecule has 0 aromatic heterocycles. The Labute approximate surface area is 133 Å². The van der Waals surface area contributed by atoms with Crippen LogP contribution in [0.3, 0.4) is 0 Å². The molecule has 0 unspecified atom stereocenters. The Morgan fingerprint density at radius 2 is 1.82 bits per heavy atom. The average Bonchev–Trinajstić information content (AvgIpc) is 2.55. The second-order valence-corrected chi connectivity index (χ2v) is 5.71. The maximum atomic E-state index is 12.0. The summed E-state index contributed by atoms with van der Waals surface area (Å²) in [5, 5.41) is 0. The van der Waals surface area contributed by atoms with E-state index in [2.05, 4.69) is 13.5 Å². The molecule has 0 N–H and O–H groups in total. The number of unbranched alkanes of at least 4 members (excludes halogenated alkanes) is 4. The van der Waals surface area contributed by atoms with Crippen molar-refractivity contribution in [3.63, 3.8) is 0 Å². The highest BCUT2D eigenvalue weighted by Crippen LogP contribution is 2.19. The summed E-state index contributed by atoms with van der Waals surface area (Å²) in [6.45, 7) is 7.52. The first-order chi connectivity index (χ1) is 10.7. The van der Waals surface area contributed by atoms with Crippen LogP contribution in [0, 0.1) is 5.92 Å². The van der Waals surface area contributed by atoms with E-state index in [1.54, 1.807) is 11.0 Å². The summed E-state index contributed by atoms with van der Waals surface area (Å²) in [6.07, 6.45) is 8.25. The molecule has 0 saturated carbocycles. The third kappa shape index (κ3) is 6.96. The summed E-state index contributed by atoms with van der Waals surface area (Å²) in [5.74, 6) is -0.200. The van der Waals surface area contributed by atoms with Gasteiger partial charge in [-0.15, -0.1) is 0 Å². The lowest BCUT2D eigenvalue weighted by atomic mass is 9.97. The van der Waals surface area contributed by atoms with Crippen LogP contribution in [0.25, 0.3) is 0 Å². The Morgan fingerprint density at radius 1 is 1.14 bits per heavy atom. The van der Waals surface area contributed by atoms with Gasteiger partial charge in [0.05, 0.1) is 12.5 Å². The minimum atomic E-state index is -0.331. The molecule has 1 aliphatic heterocycles. The van der Waals surface area contributed by atoms with Gasteiger partial charge in [-0.1, -0.05) is 45.3 Å². The number of hydrogen-bond acceptors (Lipinski definition) is 4. The molecule has 126 valence electrons. The van der Waals surface area contributed by atoms with E-state index in [9.17, 15) is 9.59 Å². The SMILES string of the molecule is C=CCOC(=O)N1CCC(C(=O)OCCCCCCC)CC1. The molecule has 1 fully saturated rings. The van der Waals surface area contributed by atoms with Crippen molar-refractivity contribution >= 4 is 12.1 Å². The lowest BCUT2D eigenvalue weighted by Crippen LogP contribution is -2.41. The molecule has 1 rings (SSSR count). The van der Waals surface area contributed by atoms with Gasteiger partial charge >= 0.3 is 12.1 Å². The fraction of sp³-hybridized carbons (Fsp3) is 0.765. The minimum Gasteiger partial charge on any atom is -0.465 e. The van der Waals surface area contributed by atoms with Crippen molar-refractivity contribution in [2.45, 2.75) is 51.9 Å². The van der Waals surface area contributed by atoms with Gasteiger partial charge < -0.3 is 14.4 Å². The summed E-state index contributed by atoms with van der Waals surface area (Å²) in [4.78, 5) is 25.3. The van der Waals surface area contributed by atoms with E-state index in [0.717, 1.165) is 12.8 Å². The van der Waals surface area contributed by atoms with Crippen LogP contribution in [0.15, 0.2) is 12.7 Å². The van der Waals surface area contributed by atoms with Crippen LogP contribution >= 0.6 is 0 Å². The molecule has 1 aliphatic rings. The number of ether oxygens (including phenoxy) is 2. The Bertz CT molecular complexity index is 349. The van der Waals surface area contributed by atoms with Gasteiger partial charge in [0.2, 0.25) is 0 Å². The first-order valence-corrected chi connectivity index (χ1v) is 8.38. The molecule has 0 atom stereocenters. The first-order valence-electron chi connectivity index (χ1n) is 8.38. The number of amides is 1. The molecule has 1 saturated heterocycles. The van der Waals surface area contributed by atoms with Gasteiger partial charge in [-0.25, -0.2) is 4.79 Å². The van der Waals surface area contributed by atoms with Gasteiger partial charge in [-0.2, -0.15) is 0 Å². The van der Waals surface area contributed by atoms with Crippen molar-refractivity contribution in [1.82, 2.24) is 4.90 Å². The highest BCUT2D eigenvalue weighted by molar-refractivity contribution is 5.73. The number of likely N-dealkylation sites (tertiary alicyclic amines) is 1. The van der Waals surface area contributed by atoms with Crippen LogP contribution in [0.4, 0.5) is 4.79 Å². The van der Waals surface area contributed by atoms with Gasteiger partial charge in [0.25, 0.3) is 0 Å². The largest absolute Gasteiger partial charge is 0.465 e. The van der Waals surface area contributed by atoms with Crippen molar-refractivity contribution < 1.29 is 19.1 Å². The fourth-order valence-electron chi connectivity index (χ4n) is 2.52. The van der Waals surface area contributed by atoms with E-state index in [1.165, 1.54) is 19.3 Å². The summed E-state index contributed by atoms with van der Waals surface area (Å²) < 4.78 is 10.3. The Morgan fingerprint density at radius 3 is 2.45 bits per heavy atom. The quantitative estimate of drug-likeness (QED) is 0.371. The molecular formula is C17H29NO4. The third-order valence-electron chi connectivity index (χ3n) is 3.90. The molecule has 0 aromatic carbocycles. The molecule has 1 amide bonds. The van der Waals surface area contributed by atoms with Gasteiger partial charge in [0.15, 0.2) is 0 Å². The Balaban J connectivity index is 2.14. The van der Waals surface area contributed by atoms with Gasteiger partial charge in [0, 0.05) is 13.1 Å². The van der Waals surface area contributed by atoms with Crippen molar-refractivity contribution in [3.05, 3.63) is 12.7 Å². The monoisotopic (exact) mass is 311 g/mol. The summed E-state index contributed by atoms with van der Waals surface area (Å²) in [5.41, 5.74) is 0. The predicted molar refractivity (Wildman–Crippen MR) is 85.6 cm³/mol. The minimum absolute atomic E-state index is 0.0842. The van der Waals surface area contributed by atoms with E-state index in [4.69, 9.17) is 9.47 Å². The lowest BCUT2D eigenvalue weighted by Gasteiger charge is -2.30. The Hall–Kier alpha value is -1.52. The maximum absolute atomic E-state index is 12.0. The number of carbonyl (C=O) groups excluding carboxylic acids is 2. The standard InChI is InChI=1S/C17H29NO4/c1-3-5-6-7-8-14-21-16(19)15-9-11-18(12-10-15)17(20)22-13-4-2/h4,15H,2-3,5-14H2,1H3. The maximum Gasteiger partial charge on any atom is 0.410 e. The predicted octanol–water partition coefficient (Wildman–Crippen LogP) is 3.53. The van der Waals surface area contributed by atoms with Gasteiger partial charge in [-0.05, 0) is 19.3 Å². The van der Waals surface area contributed by atoms with Gasteiger partial charge in [0.1, 0.15) is 6.61 Å². The van der Waals surface area contributed by atoms with E-state index in [1.807, 2.05) is 0 Å². The van der Waals surface area contributed by atoms with E-state index in [-0.39, 0.29) is 24.6 Å². The molecule has 1 heterocycles. The topological polar surface area (TPSA) is 55.8 Å². The van der Waals surface area contributed by atoms with Crippen LogP contribution in [0.2, 0.25) is 0 Å². The summed E-state index contributed by atoms with van der Waals surface area (Å²) in [6, 6.07) is 0. The molecule has 0 radical (unpaired) electrons. The molecular weight excluding hydrogens is 282 g/mol. The number of hydrogen-bond donors (Lipinski definition) is 0. The zero-order valence-corrected chi connectivity index (χ0v) is 13.7. The number of nitrogens with zero attached hydrogens (tertiary/aromatic N) is 1. The molecule has 5 heteroatoms. The average molecular weight is 311 g/mol. The van der Waals surface area contributed by atoms with Crippen molar-refractivity contribution in [3.8, 4) is 0 Å². The molecule has 0 aliphatic carbocycles. The number of piperidine rings is 1. The fourth-order valence-corrected chi connectivity index (χ4v) is 2.52. The smallest absolute Gasteiger partial charge is 0.410 e. The summed E-state index contributed by atoms with van der Waals surface area (Å²) >= 11 is 0. The first kappa shape index (κ1) is 18.5. The van der Waals surface area contributed by atoms with Crippen molar-refractivity contribution in [2.75, 3.05) is 26.3 Å². The van der Waals surface area contributed by atoms with Crippen molar-refractivity contribution in [2.24, 2.45) is 5.92 Å². The number of carbonyl (C=O) groups is 2. The number of esters is 1. The van der Waals surface area contributed by atoms with Crippen LogP contribution in [0.5, 0.6) is 0 Å². The van der Waals surface area contributed by atoms with Crippen molar-refractivity contribution in [1.29, 1.82) is 0 Å². The lowest BCUT2D eigenvalue weighted by molar-refractivity contribution is -0.150. The molecule has 0 aromatic rings. The molecule has 5 nitrogen and oxygen atoms in total. The molecule has 0 spiro atoms. The highest BCUT2D eigenvalue weighted by atomic mass is 16.6. The van der Waals surface area contributed by atoms with Crippen LogP contribution < -0.4 is 0 Å². The van der Waals surface area contributed by atoms with E-state index in [0.29, 0.717) is 32.5 Å². The van der Waals surface area contributed by atoms with E-state index >= 15 is 0 Å². The van der Waals surface area contributed by atoms with E-state index < -0.39 is 0 Å². The van der Waals surface area contributed by atoms with Crippen LogP contribution in [-0.4, -0.2) is 43.3 Å². The molecule has 22 heavy (non-hydrogen) atoms. The zero-order valence-electron chi connectivity index (χ0n) is 13.7. The molecule has 0 bridgehead atoms. The number of rotatable bonds is 9. The third-order valence-corrected chi connectivity index (χ3v) is 3.90.